The van der Waals surface area contributed by atoms with Gasteiger partial charge in [0.05, 0.1) is 12.6 Å². The highest BCUT2D eigenvalue weighted by atomic mass is 16.3. The Hall–Kier alpha value is -0.610. The number of carbonyl (C=O) groups is 1. The molecule has 0 aliphatic carbocycles. The van der Waals surface area contributed by atoms with Crippen molar-refractivity contribution >= 4 is 5.91 Å². The van der Waals surface area contributed by atoms with Gasteiger partial charge in [-0.3, -0.25) is 4.79 Å². The van der Waals surface area contributed by atoms with Gasteiger partial charge >= 0.3 is 0 Å². The molecule has 4 nitrogen and oxygen atoms in total. The molecule has 1 aliphatic heterocycles. The molecule has 0 aromatic rings. The fraction of sp³-hybridized carbons (Fsp3) is 0.923. The van der Waals surface area contributed by atoms with Crippen LogP contribution in [0.3, 0.4) is 0 Å². The van der Waals surface area contributed by atoms with Crippen molar-refractivity contribution < 1.29 is 9.90 Å². The van der Waals surface area contributed by atoms with Crippen molar-refractivity contribution in [2.75, 3.05) is 19.7 Å². The summed E-state index contributed by atoms with van der Waals surface area (Å²) in [5, 5.41) is 15.4. The van der Waals surface area contributed by atoms with Crippen LogP contribution in [0.15, 0.2) is 0 Å². The second-order valence-corrected chi connectivity index (χ2v) is 5.47. The number of amides is 1. The number of rotatable bonds is 6. The van der Waals surface area contributed by atoms with E-state index in [9.17, 15) is 9.90 Å². The van der Waals surface area contributed by atoms with Gasteiger partial charge in [0, 0.05) is 6.42 Å². The van der Waals surface area contributed by atoms with Gasteiger partial charge in [-0.25, -0.2) is 0 Å². The molecule has 0 saturated carbocycles. The Balaban J connectivity index is 2.26. The fourth-order valence-corrected chi connectivity index (χ4v) is 2.38. The molecular formula is C13H26N2O2. The van der Waals surface area contributed by atoms with Gasteiger partial charge in [-0.15, -0.1) is 0 Å². The molecule has 1 atom stereocenters. The van der Waals surface area contributed by atoms with Crippen molar-refractivity contribution in [3.8, 4) is 0 Å². The van der Waals surface area contributed by atoms with E-state index in [1.165, 1.54) is 0 Å². The van der Waals surface area contributed by atoms with Crippen LogP contribution in [0.25, 0.3) is 0 Å². The third kappa shape index (κ3) is 6.03. The molecule has 100 valence electrons. The Bertz CT molecular complexity index is 225. The zero-order valence-electron chi connectivity index (χ0n) is 11.0. The zero-order chi connectivity index (χ0) is 12.7. The van der Waals surface area contributed by atoms with Crippen LogP contribution in [0.2, 0.25) is 0 Å². The maximum Gasteiger partial charge on any atom is 0.220 e. The highest BCUT2D eigenvalue weighted by Gasteiger charge is 2.19. The lowest BCUT2D eigenvalue weighted by Crippen LogP contribution is -2.40. The molecule has 1 fully saturated rings. The molecule has 3 N–H and O–H groups in total. The lowest BCUT2D eigenvalue weighted by Gasteiger charge is -2.24. The number of nitrogens with one attached hydrogen (secondary N) is 2. The van der Waals surface area contributed by atoms with Gasteiger partial charge < -0.3 is 15.7 Å². The Morgan fingerprint density at radius 3 is 2.59 bits per heavy atom. The molecule has 17 heavy (non-hydrogen) atoms. The number of hydrogen-bond donors (Lipinski definition) is 3. The zero-order valence-corrected chi connectivity index (χ0v) is 11.0. The maximum absolute atomic E-state index is 11.8. The molecule has 1 aliphatic rings. The van der Waals surface area contributed by atoms with Crippen LogP contribution >= 0.6 is 0 Å². The van der Waals surface area contributed by atoms with Crippen molar-refractivity contribution in [3.63, 3.8) is 0 Å². The van der Waals surface area contributed by atoms with Crippen LogP contribution in [0.4, 0.5) is 0 Å². The smallest absolute Gasteiger partial charge is 0.220 e. The Labute approximate surface area is 104 Å². The first kappa shape index (κ1) is 14.5. The maximum atomic E-state index is 11.8. The van der Waals surface area contributed by atoms with Crippen LogP contribution in [0.1, 0.15) is 39.5 Å². The van der Waals surface area contributed by atoms with Gasteiger partial charge in [0.2, 0.25) is 5.91 Å². The molecule has 0 spiro atoms. The van der Waals surface area contributed by atoms with Crippen LogP contribution in [0, 0.1) is 11.8 Å². The number of hydrogen-bond acceptors (Lipinski definition) is 3. The second kappa shape index (κ2) is 7.67. The molecule has 1 saturated heterocycles. The molecule has 0 aromatic carbocycles. The molecule has 1 amide bonds. The quantitative estimate of drug-likeness (QED) is 0.648. The van der Waals surface area contributed by atoms with Crippen LogP contribution in [-0.4, -0.2) is 36.8 Å². The molecule has 0 aromatic heterocycles. The summed E-state index contributed by atoms with van der Waals surface area (Å²) in [5.41, 5.74) is 0. The first-order valence-corrected chi connectivity index (χ1v) is 6.72. The van der Waals surface area contributed by atoms with Crippen LogP contribution in [0.5, 0.6) is 0 Å². The van der Waals surface area contributed by atoms with E-state index >= 15 is 0 Å². The van der Waals surface area contributed by atoms with Gasteiger partial charge in [-0.05, 0) is 44.2 Å². The number of piperidine rings is 1. The largest absolute Gasteiger partial charge is 0.394 e. The topological polar surface area (TPSA) is 61.4 Å². The van der Waals surface area contributed by atoms with E-state index in [1.807, 2.05) is 0 Å². The van der Waals surface area contributed by atoms with Crippen LogP contribution in [-0.2, 0) is 4.79 Å². The Morgan fingerprint density at radius 1 is 1.41 bits per heavy atom. The van der Waals surface area contributed by atoms with Crippen molar-refractivity contribution in [1.29, 1.82) is 0 Å². The third-order valence-corrected chi connectivity index (χ3v) is 3.27. The van der Waals surface area contributed by atoms with Crippen molar-refractivity contribution in [1.82, 2.24) is 10.6 Å². The summed E-state index contributed by atoms with van der Waals surface area (Å²) in [7, 11) is 0. The van der Waals surface area contributed by atoms with E-state index in [1.54, 1.807) is 0 Å². The number of aliphatic hydroxyl groups excluding tert-OH is 1. The minimum atomic E-state index is -0.0794. The van der Waals surface area contributed by atoms with Crippen molar-refractivity contribution in [2.45, 2.75) is 45.6 Å². The van der Waals surface area contributed by atoms with Gasteiger partial charge in [0.15, 0.2) is 0 Å². The SMILES string of the molecule is CC(C)C[C@@H](CO)NC(=O)CC1CCNCC1. The first-order chi connectivity index (χ1) is 8.11. The molecule has 0 unspecified atom stereocenters. The molecule has 0 bridgehead atoms. The lowest BCUT2D eigenvalue weighted by molar-refractivity contribution is -0.123. The van der Waals surface area contributed by atoms with Gasteiger partial charge in [0.25, 0.3) is 0 Å². The van der Waals surface area contributed by atoms with E-state index < -0.39 is 0 Å². The average molecular weight is 242 g/mol. The van der Waals surface area contributed by atoms with E-state index in [0.717, 1.165) is 32.4 Å². The Kier molecular flexibility index (Phi) is 6.52. The average Bonchev–Trinajstić information content (AvgIpc) is 2.28. The minimum Gasteiger partial charge on any atom is -0.394 e. The normalized spacial score (nSPS) is 19.3. The van der Waals surface area contributed by atoms with E-state index in [2.05, 4.69) is 24.5 Å². The molecule has 4 heteroatoms. The van der Waals surface area contributed by atoms with E-state index in [0.29, 0.717) is 18.3 Å². The summed E-state index contributed by atoms with van der Waals surface area (Å²) in [6, 6.07) is -0.0794. The molecule has 0 radical (unpaired) electrons. The van der Waals surface area contributed by atoms with Gasteiger partial charge in [-0.2, -0.15) is 0 Å². The second-order valence-electron chi connectivity index (χ2n) is 5.47. The molecule has 1 heterocycles. The number of aliphatic hydroxyl groups is 1. The molecule has 1 rings (SSSR count). The minimum absolute atomic E-state index is 0.0378. The van der Waals surface area contributed by atoms with Crippen LogP contribution < -0.4 is 10.6 Å². The fourth-order valence-electron chi connectivity index (χ4n) is 2.38. The van der Waals surface area contributed by atoms with Gasteiger partial charge in [-0.1, -0.05) is 13.8 Å². The van der Waals surface area contributed by atoms with E-state index in [-0.39, 0.29) is 18.6 Å². The van der Waals surface area contributed by atoms with Crippen molar-refractivity contribution in [3.05, 3.63) is 0 Å². The summed E-state index contributed by atoms with van der Waals surface area (Å²) < 4.78 is 0. The lowest BCUT2D eigenvalue weighted by atomic mass is 9.94. The first-order valence-electron chi connectivity index (χ1n) is 6.72. The highest BCUT2D eigenvalue weighted by Crippen LogP contribution is 2.16. The summed E-state index contributed by atoms with van der Waals surface area (Å²) in [6.45, 7) is 6.28. The molecular weight excluding hydrogens is 216 g/mol. The predicted octanol–water partition coefficient (Wildman–Crippen LogP) is 0.899. The van der Waals surface area contributed by atoms with Crippen molar-refractivity contribution in [2.24, 2.45) is 11.8 Å². The predicted molar refractivity (Wildman–Crippen MR) is 68.7 cm³/mol. The summed E-state index contributed by atoms with van der Waals surface area (Å²) in [5.74, 6) is 1.09. The summed E-state index contributed by atoms with van der Waals surface area (Å²) >= 11 is 0. The summed E-state index contributed by atoms with van der Waals surface area (Å²) in [6.07, 6.45) is 3.62. The third-order valence-electron chi connectivity index (χ3n) is 3.27. The monoisotopic (exact) mass is 242 g/mol. The highest BCUT2D eigenvalue weighted by molar-refractivity contribution is 5.76. The van der Waals surface area contributed by atoms with E-state index in [4.69, 9.17) is 0 Å². The van der Waals surface area contributed by atoms with Gasteiger partial charge in [0.1, 0.15) is 0 Å². The Morgan fingerprint density at radius 2 is 2.06 bits per heavy atom. The number of carbonyl (C=O) groups excluding carboxylic acids is 1. The summed E-state index contributed by atoms with van der Waals surface area (Å²) in [4.78, 5) is 11.8. The standard InChI is InChI=1S/C13H26N2O2/c1-10(2)7-12(9-16)15-13(17)8-11-3-5-14-6-4-11/h10-12,14,16H,3-9H2,1-2H3,(H,15,17)/t12-/m0/s1.